The normalized spacial score (nSPS) is 10.7. The summed E-state index contributed by atoms with van der Waals surface area (Å²) in [5.74, 6) is 0.496. The zero-order valence-corrected chi connectivity index (χ0v) is 15.1. The second-order valence-electron chi connectivity index (χ2n) is 5.23. The molecule has 0 unspecified atom stereocenters. The lowest BCUT2D eigenvalue weighted by molar-refractivity contribution is -0.145. The second-order valence-corrected chi connectivity index (χ2v) is 6.84. The van der Waals surface area contributed by atoms with Crippen LogP contribution in [0, 0.1) is 5.82 Å². The maximum atomic E-state index is 12.8. The van der Waals surface area contributed by atoms with Crippen molar-refractivity contribution in [3.05, 3.63) is 65.3 Å². The summed E-state index contributed by atoms with van der Waals surface area (Å²) in [6, 6.07) is 13.1. The van der Waals surface area contributed by atoms with Crippen molar-refractivity contribution in [1.29, 1.82) is 0 Å². The summed E-state index contributed by atoms with van der Waals surface area (Å²) in [5.41, 5.74) is 0.756. The van der Waals surface area contributed by atoms with Crippen LogP contribution in [-0.4, -0.2) is 21.9 Å². The van der Waals surface area contributed by atoms with Gasteiger partial charge in [0.15, 0.2) is 6.61 Å². The Kier molecular flexibility index (Phi) is 6.25. The number of esters is 1. The number of aromatic nitrogens is 2. The number of ether oxygens (including phenoxy) is 1. The van der Waals surface area contributed by atoms with Crippen molar-refractivity contribution in [3.8, 4) is 11.4 Å². The minimum absolute atomic E-state index is 0.0827. The first-order valence-electron chi connectivity index (χ1n) is 7.73. The number of halogens is 2. The van der Waals surface area contributed by atoms with Crippen LogP contribution < -0.4 is 0 Å². The van der Waals surface area contributed by atoms with Crippen LogP contribution in [0.4, 0.5) is 4.39 Å². The van der Waals surface area contributed by atoms with Crippen LogP contribution in [0.3, 0.4) is 0 Å². The van der Waals surface area contributed by atoms with Crippen LogP contribution in [-0.2, 0) is 16.1 Å². The molecule has 0 saturated carbocycles. The van der Waals surface area contributed by atoms with Gasteiger partial charge in [-0.2, -0.15) is 4.98 Å². The first-order chi connectivity index (χ1) is 12.6. The second kappa shape index (κ2) is 8.82. The number of nitrogens with zero attached hydrogens (tertiary/aromatic N) is 2. The number of rotatable bonds is 7. The van der Waals surface area contributed by atoms with E-state index >= 15 is 0 Å². The molecule has 134 valence electrons. The van der Waals surface area contributed by atoms with Crippen LogP contribution in [0.15, 0.2) is 57.9 Å². The largest absolute Gasteiger partial charge is 0.456 e. The van der Waals surface area contributed by atoms with E-state index in [4.69, 9.17) is 20.9 Å². The third-order valence-electron chi connectivity index (χ3n) is 3.32. The molecule has 2 aromatic carbocycles. The molecule has 0 amide bonds. The van der Waals surface area contributed by atoms with E-state index in [0.717, 1.165) is 10.5 Å². The lowest BCUT2D eigenvalue weighted by Gasteiger charge is -2.02. The topological polar surface area (TPSA) is 65.2 Å². The first kappa shape index (κ1) is 18.4. The van der Waals surface area contributed by atoms with Crippen LogP contribution >= 0.6 is 23.4 Å². The van der Waals surface area contributed by atoms with Gasteiger partial charge in [0.05, 0.1) is 6.42 Å². The standard InChI is InChI=1S/C18H14ClFN2O3S/c19-13-3-1-12(2-4-13)18-21-16(25-22-18)11-24-17(23)9-10-26-15-7-5-14(20)6-8-15/h1-8H,9-11H2. The van der Waals surface area contributed by atoms with E-state index in [1.54, 1.807) is 36.4 Å². The van der Waals surface area contributed by atoms with Crippen molar-refractivity contribution in [2.24, 2.45) is 0 Å². The van der Waals surface area contributed by atoms with Crippen molar-refractivity contribution >= 4 is 29.3 Å². The predicted molar refractivity (Wildman–Crippen MR) is 96.3 cm³/mol. The van der Waals surface area contributed by atoms with Crippen molar-refractivity contribution in [1.82, 2.24) is 10.1 Å². The zero-order chi connectivity index (χ0) is 18.4. The van der Waals surface area contributed by atoms with Crippen LogP contribution in [0.1, 0.15) is 12.3 Å². The van der Waals surface area contributed by atoms with Gasteiger partial charge in [-0.3, -0.25) is 4.79 Å². The Balaban J connectivity index is 1.43. The Morgan fingerprint density at radius 2 is 1.88 bits per heavy atom. The number of carbonyl (C=O) groups excluding carboxylic acids is 1. The summed E-state index contributed by atoms with van der Waals surface area (Å²) in [4.78, 5) is 16.8. The van der Waals surface area contributed by atoms with Gasteiger partial charge >= 0.3 is 5.97 Å². The quantitative estimate of drug-likeness (QED) is 0.427. The lowest BCUT2D eigenvalue weighted by Crippen LogP contribution is -2.05. The molecule has 0 spiro atoms. The molecule has 0 aliphatic heterocycles. The van der Waals surface area contributed by atoms with Gasteiger partial charge in [0, 0.05) is 21.2 Å². The minimum atomic E-state index is -0.370. The summed E-state index contributed by atoms with van der Waals surface area (Å²) >= 11 is 7.29. The number of hydrogen-bond acceptors (Lipinski definition) is 6. The predicted octanol–water partition coefficient (Wildman–Crippen LogP) is 4.75. The smallest absolute Gasteiger partial charge is 0.307 e. The van der Waals surface area contributed by atoms with Crippen molar-refractivity contribution < 1.29 is 18.4 Å². The number of thioether (sulfide) groups is 1. The Bertz CT molecular complexity index is 869. The molecule has 3 rings (SSSR count). The Labute approximate surface area is 158 Å². The maximum Gasteiger partial charge on any atom is 0.307 e. The highest BCUT2D eigenvalue weighted by atomic mass is 35.5. The van der Waals surface area contributed by atoms with E-state index in [-0.39, 0.29) is 30.7 Å². The number of carbonyl (C=O) groups is 1. The van der Waals surface area contributed by atoms with E-state index in [1.165, 1.54) is 23.9 Å². The van der Waals surface area contributed by atoms with Crippen molar-refractivity contribution in [3.63, 3.8) is 0 Å². The molecule has 26 heavy (non-hydrogen) atoms. The van der Waals surface area contributed by atoms with Crippen molar-refractivity contribution in [2.75, 3.05) is 5.75 Å². The van der Waals surface area contributed by atoms with E-state index < -0.39 is 0 Å². The SMILES string of the molecule is O=C(CCSc1ccc(F)cc1)OCc1nc(-c2ccc(Cl)cc2)no1. The highest BCUT2D eigenvalue weighted by molar-refractivity contribution is 7.99. The molecule has 0 saturated heterocycles. The van der Waals surface area contributed by atoms with Gasteiger partial charge in [0.25, 0.3) is 5.89 Å². The molecular formula is C18H14ClFN2O3S. The van der Waals surface area contributed by atoms with Crippen molar-refractivity contribution in [2.45, 2.75) is 17.9 Å². The summed E-state index contributed by atoms with van der Waals surface area (Å²) in [6.45, 7) is -0.0827. The van der Waals surface area contributed by atoms with E-state index in [9.17, 15) is 9.18 Å². The summed E-state index contributed by atoms with van der Waals surface area (Å²) in [6.07, 6.45) is 0.222. The summed E-state index contributed by atoms with van der Waals surface area (Å²) in [7, 11) is 0. The molecule has 3 aromatic rings. The molecule has 0 aliphatic rings. The summed E-state index contributed by atoms with van der Waals surface area (Å²) in [5, 5.41) is 4.46. The maximum absolute atomic E-state index is 12.8. The molecule has 0 N–H and O–H groups in total. The molecule has 0 bridgehead atoms. The van der Waals surface area contributed by atoms with Gasteiger partial charge in [-0.1, -0.05) is 16.8 Å². The Morgan fingerprint density at radius 1 is 1.15 bits per heavy atom. The van der Waals surface area contributed by atoms with Crippen LogP contribution in [0.25, 0.3) is 11.4 Å². The molecule has 5 nitrogen and oxygen atoms in total. The number of hydrogen-bond donors (Lipinski definition) is 0. The Morgan fingerprint density at radius 3 is 2.62 bits per heavy atom. The van der Waals surface area contributed by atoms with Gasteiger partial charge in [0.1, 0.15) is 5.82 Å². The molecule has 1 aromatic heterocycles. The van der Waals surface area contributed by atoms with Gasteiger partial charge in [-0.15, -0.1) is 11.8 Å². The molecular weight excluding hydrogens is 379 g/mol. The first-order valence-corrected chi connectivity index (χ1v) is 9.09. The zero-order valence-electron chi connectivity index (χ0n) is 13.5. The average Bonchev–Trinajstić information content (AvgIpc) is 3.11. The minimum Gasteiger partial charge on any atom is -0.456 e. The molecule has 0 fully saturated rings. The monoisotopic (exact) mass is 392 g/mol. The molecule has 1 heterocycles. The fourth-order valence-electron chi connectivity index (χ4n) is 2.03. The van der Waals surface area contributed by atoms with Gasteiger partial charge in [-0.05, 0) is 48.5 Å². The summed E-state index contributed by atoms with van der Waals surface area (Å²) < 4.78 is 23.0. The molecule has 0 radical (unpaired) electrons. The lowest BCUT2D eigenvalue weighted by atomic mass is 10.2. The highest BCUT2D eigenvalue weighted by Crippen LogP contribution is 2.20. The molecule has 0 aliphatic carbocycles. The van der Waals surface area contributed by atoms with E-state index in [0.29, 0.717) is 16.6 Å². The van der Waals surface area contributed by atoms with Crippen LogP contribution in [0.2, 0.25) is 5.02 Å². The fraction of sp³-hybridized carbons (Fsp3) is 0.167. The molecule has 8 heteroatoms. The van der Waals surface area contributed by atoms with Gasteiger partial charge in [-0.25, -0.2) is 4.39 Å². The van der Waals surface area contributed by atoms with E-state index in [1.807, 2.05) is 0 Å². The van der Waals surface area contributed by atoms with Crippen LogP contribution in [0.5, 0.6) is 0 Å². The van der Waals surface area contributed by atoms with Gasteiger partial charge in [0.2, 0.25) is 5.82 Å². The third-order valence-corrected chi connectivity index (χ3v) is 4.58. The molecule has 0 atom stereocenters. The third kappa shape index (κ3) is 5.31. The Hall–Kier alpha value is -2.38. The highest BCUT2D eigenvalue weighted by Gasteiger charge is 2.11. The average molecular weight is 393 g/mol. The fourth-order valence-corrected chi connectivity index (χ4v) is 2.99. The number of benzene rings is 2. The van der Waals surface area contributed by atoms with Gasteiger partial charge < -0.3 is 9.26 Å². The van der Waals surface area contributed by atoms with E-state index in [2.05, 4.69) is 10.1 Å².